The molecule has 0 aliphatic carbocycles. The standard InChI is InChI=1S/C9H17NO4/c1-3-7(10-9(12)13)5-6-8(11)14-4-2/h7,10H,3-6H2,1-2H3,(H,12,13). The highest BCUT2D eigenvalue weighted by Crippen LogP contribution is 2.02. The number of ether oxygens (including phenoxy) is 1. The van der Waals surface area contributed by atoms with Crippen LogP contribution in [0.1, 0.15) is 33.1 Å². The quantitative estimate of drug-likeness (QED) is 0.639. The summed E-state index contributed by atoms with van der Waals surface area (Å²) in [7, 11) is 0. The van der Waals surface area contributed by atoms with Crippen LogP contribution in [0.25, 0.3) is 0 Å². The lowest BCUT2D eigenvalue weighted by Crippen LogP contribution is -2.33. The first-order chi connectivity index (χ1) is 6.60. The van der Waals surface area contributed by atoms with Gasteiger partial charge in [-0.05, 0) is 19.8 Å². The topological polar surface area (TPSA) is 75.6 Å². The molecule has 14 heavy (non-hydrogen) atoms. The van der Waals surface area contributed by atoms with Crippen molar-refractivity contribution in [3.63, 3.8) is 0 Å². The largest absolute Gasteiger partial charge is 0.466 e. The average Bonchev–Trinajstić information content (AvgIpc) is 2.12. The second kappa shape index (κ2) is 7.17. The third-order valence-electron chi connectivity index (χ3n) is 1.82. The highest BCUT2D eigenvalue weighted by atomic mass is 16.5. The minimum atomic E-state index is -1.05. The summed E-state index contributed by atoms with van der Waals surface area (Å²) >= 11 is 0. The molecule has 0 saturated heterocycles. The normalized spacial score (nSPS) is 11.9. The third-order valence-corrected chi connectivity index (χ3v) is 1.82. The number of carboxylic acid groups (broad SMARTS) is 1. The average molecular weight is 203 g/mol. The van der Waals surface area contributed by atoms with Crippen LogP contribution >= 0.6 is 0 Å². The van der Waals surface area contributed by atoms with Gasteiger partial charge in [0.25, 0.3) is 0 Å². The van der Waals surface area contributed by atoms with Crippen molar-refractivity contribution in [1.29, 1.82) is 0 Å². The minimum absolute atomic E-state index is 0.170. The zero-order valence-corrected chi connectivity index (χ0v) is 8.58. The lowest BCUT2D eigenvalue weighted by Gasteiger charge is -2.13. The molecule has 0 aromatic heterocycles. The summed E-state index contributed by atoms with van der Waals surface area (Å²) in [5.74, 6) is -0.280. The Morgan fingerprint density at radius 3 is 2.50 bits per heavy atom. The van der Waals surface area contributed by atoms with E-state index >= 15 is 0 Å². The van der Waals surface area contributed by atoms with Crippen LogP contribution in [0.2, 0.25) is 0 Å². The molecule has 0 fully saturated rings. The Kier molecular flexibility index (Phi) is 6.53. The molecule has 0 spiro atoms. The number of carbonyl (C=O) groups excluding carboxylic acids is 1. The molecule has 1 amide bonds. The van der Waals surface area contributed by atoms with E-state index in [4.69, 9.17) is 9.84 Å². The van der Waals surface area contributed by atoms with Crippen molar-refractivity contribution in [2.75, 3.05) is 6.61 Å². The van der Waals surface area contributed by atoms with Gasteiger partial charge < -0.3 is 15.2 Å². The van der Waals surface area contributed by atoms with Crippen LogP contribution in [0.4, 0.5) is 4.79 Å². The molecule has 0 heterocycles. The van der Waals surface area contributed by atoms with Crippen molar-refractivity contribution >= 4 is 12.1 Å². The zero-order chi connectivity index (χ0) is 11.0. The molecule has 0 saturated carbocycles. The number of rotatable bonds is 6. The molecule has 0 aromatic rings. The van der Waals surface area contributed by atoms with Crippen molar-refractivity contribution in [3.8, 4) is 0 Å². The highest BCUT2D eigenvalue weighted by Gasteiger charge is 2.11. The Balaban J connectivity index is 3.71. The molecule has 0 bridgehead atoms. The molecule has 1 atom stereocenters. The first-order valence-electron chi connectivity index (χ1n) is 4.75. The van der Waals surface area contributed by atoms with Gasteiger partial charge in [0.05, 0.1) is 6.61 Å². The van der Waals surface area contributed by atoms with Crippen LogP contribution in [0.15, 0.2) is 0 Å². The fourth-order valence-corrected chi connectivity index (χ4v) is 1.08. The monoisotopic (exact) mass is 203 g/mol. The summed E-state index contributed by atoms with van der Waals surface area (Å²) in [5.41, 5.74) is 0. The van der Waals surface area contributed by atoms with Crippen LogP contribution in [-0.2, 0) is 9.53 Å². The molecule has 2 N–H and O–H groups in total. The van der Waals surface area contributed by atoms with E-state index < -0.39 is 6.09 Å². The molecular weight excluding hydrogens is 186 g/mol. The van der Waals surface area contributed by atoms with E-state index in [0.717, 1.165) is 0 Å². The Morgan fingerprint density at radius 2 is 2.07 bits per heavy atom. The van der Waals surface area contributed by atoms with E-state index in [9.17, 15) is 9.59 Å². The number of carbonyl (C=O) groups is 2. The van der Waals surface area contributed by atoms with Gasteiger partial charge in [0.2, 0.25) is 0 Å². The van der Waals surface area contributed by atoms with Gasteiger partial charge in [0.15, 0.2) is 0 Å². The number of hydrogen-bond acceptors (Lipinski definition) is 3. The maximum Gasteiger partial charge on any atom is 0.404 e. The van der Waals surface area contributed by atoms with E-state index in [1.807, 2.05) is 6.92 Å². The third kappa shape index (κ3) is 6.28. The number of nitrogens with one attached hydrogen (secondary N) is 1. The van der Waals surface area contributed by atoms with Crippen LogP contribution in [0.3, 0.4) is 0 Å². The fourth-order valence-electron chi connectivity index (χ4n) is 1.08. The minimum Gasteiger partial charge on any atom is -0.466 e. The molecule has 1 unspecified atom stereocenters. The van der Waals surface area contributed by atoms with Crippen LogP contribution in [0, 0.1) is 0 Å². The predicted octanol–water partition coefficient (Wildman–Crippen LogP) is 1.38. The lowest BCUT2D eigenvalue weighted by molar-refractivity contribution is -0.143. The smallest absolute Gasteiger partial charge is 0.404 e. The summed E-state index contributed by atoms with van der Waals surface area (Å²) in [5, 5.41) is 10.8. The van der Waals surface area contributed by atoms with Gasteiger partial charge in [-0.2, -0.15) is 0 Å². The van der Waals surface area contributed by atoms with Gasteiger partial charge in [-0.1, -0.05) is 6.92 Å². The van der Waals surface area contributed by atoms with Gasteiger partial charge in [-0.15, -0.1) is 0 Å². The van der Waals surface area contributed by atoms with Crippen LogP contribution in [0.5, 0.6) is 0 Å². The second-order valence-electron chi connectivity index (χ2n) is 2.90. The van der Waals surface area contributed by atoms with Gasteiger partial charge in [0, 0.05) is 12.5 Å². The first kappa shape index (κ1) is 12.7. The van der Waals surface area contributed by atoms with E-state index in [0.29, 0.717) is 19.4 Å². The molecule has 0 aromatic carbocycles. The second-order valence-corrected chi connectivity index (χ2v) is 2.90. The molecule has 0 aliphatic rings. The Hall–Kier alpha value is -1.26. The molecule has 0 rings (SSSR count). The summed E-state index contributed by atoms with van der Waals surface area (Å²) in [6.45, 7) is 3.97. The van der Waals surface area contributed by atoms with E-state index in [2.05, 4.69) is 5.32 Å². The highest BCUT2D eigenvalue weighted by molar-refractivity contribution is 5.69. The summed E-state index contributed by atoms with van der Waals surface area (Å²) < 4.78 is 4.73. The molecule has 82 valence electrons. The van der Waals surface area contributed by atoms with Crippen molar-refractivity contribution in [1.82, 2.24) is 5.32 Å². The SMILES string of the molecule is CCOC(=O)CCC(CC)NC(=O)O. The number of esters is 1. The van der Waals surface area contributed by atoms with Gasteiger partial charge >= 0.3 is 12.1 Å². The van der Waals surface area contributed by atoms with Crippen molar-refractivity contribution in [3.05, 3.63) is 0 Å². The lowest BCUT2D eigenvalue weighted by atomic mass is 10.1. The molecule has 0 aliphatic heterocycles. The van der Waals surface area contributed by atoms with Crippen LogP contribution in [-0.4, -0.2) is 29.8 Å². The zero-order valence-electron chi connectivity index (χ0n) is 8.58. The van der Waals surface area contributed by atoms with Gasteiger partial charge in [-0.25, -0.2) is 4.79 Å². The summed E-state index contributed by atoms with van der Waals surface area (Å²) in [6, 6.07) is -0.170. The molecule has 0 radical (unpaired) electrons. The fraction of sp³-hybridized carbons (Fsp3) is 0.778. The Labute approximate surface area is 83.4 Å². The predicted molar refractivity (Wildman–Crippen MR) is 51.1 cm³/mol. The molecule has 5 nitrogen and oxygen atoms in total. The van der Waals surface area contributed by atoms with Gasteiger partial charge in [0.1, 0.15) is 0 Å². The molecule has 5 heteroatoms. The van der Waals surface area contributed by atoms with Crippen molar-refractivity contribution in [2.45, 2.75) is 39.2 Å². The maximum atomic E-state index is 11.0. The van der Waals surface area contributed by atoms with Crippen molar-refractivity contribution in [2.24, 2.45) is 0 Å². The number of hydrogen-bond donors (Lipinski definition) is 2. The van der Waals surface area contributed by atoms with E-state index in [1.54, 1.807) is 6.92 Å². The van der Waals surface area contributed by atoms with Gasteiger partial charge in [-0.3, -0.25) is 4.79 Å². The van der Waals surface area contributed by atoms with E-state index in [1.165, 1.54) is 0 Å². The molecular formula is C9H17NO4. The first-order valence-corrected chi connectivity index (χ1v) is 4.75. The summed E-state index contributed by atoms with van der Waals surface area (Å²) in [4.78, 5) is 21.3. The maximum absolute atomic E-state index is 11.0. The van der Waals surface area contributed by atoms with E-state index in [-0.39, 0.29) is 18.4 Å². The van der Waals surface area contributed by atoms with Crippen molar-refractivity contribution < 1.29 is 19.4 Å². The van der Waals surface area contributed by atoms with Crippen LogP contribution < -0.4 is 5.32 Å². The Bertz CT molecular complexity index is 193. The summed E-state index contributed by atoms with van der Waals surface area (Å²) in [6.07, 6.45) is 0.362. The Morgan fingerprint density at radius 1 is 1.43 bits per heavy atom. The number of amides is 1.